The normalized spacial score (nSPS) is 18.9. The van der Waals surface area contributed by atoms with Gasteiger partial charge in [0.25, 0.3) is 0 Å². The number of rotatable bonds is 10. The molecule has 0 unspecified atom stereocenters. The third kappa shape index (κ3) is 10.8. The molecule has 1 N–H and O–H groups in total. The van der Waals surface area contributed by atoms with Crippen molar-refractivity contribution in [1.82, 2.24) is 0 Å². The average Bonchev–Trinajstić information content (AvgIpc) is 4.05. The number of benzene rings is 3. The minimum absolute atomic E-state index is 0.0848. The Kier molecular flexibility index (Phi) is 13.5. The van der Waals surface area contributed by atoms with Crippen molar-refractivity contribution in [3.63, 3.8) is 0 Å². The Morgan fingerprint density at radius 2 is 0.618 bits per heavy atom. The summed E-state index contributed by atoms with van der Waals surface area (Å²) in [5.74, 6) is 0.796. The number of carbonyl (C=O) groups excluding carboxylic acids is 3. The van der Waals surface area contributed by atoms with E-state index in [0.29, 0.717) is 89.2 Å². The standard InChI is InChI=1S/C16H20O7S.2C15H18O6S/c1-15(2)20-10-8(6-17)11-13(23-16(3,4)21-11)14(12(10)22-15)24-7-9(18)19-5;2*1-14(2)18-8-6-9-12(21-15(3,4)19-9)13(11(8)20-14)22-7-10(16)17-5/h17H,6-7H2,1-5H3;2*6H,7H2,1-5H3. The SMILES string of the molecule is COC(=O)CSc1c2c(c(CO)c3c1OC(C)(C)O3)OC(C)(C)O2.COC(=O)CSc1c2c(cc3c1OC(C)(C)O3)OC(C)(C)O2.COC(=O)CSc1c2c(cc3c1OC(C)(C)O3)OC(C)(C)O2. The first-order chi connectivity index (χ1) is 31.6. The van der Waals surface area contributed by atoms with Crippen LogP contribution in [-0.2, 0) is 35.2 Å². The molecular formula is C46H56O19S3. The molecule has 22 heteroatoms. The minimum Gasteiger partial charge on any atom is -0.468 e. The van der Waals surface area contributed by atoms with Crippen LogP contribution in [0.5, 0.6) is 69.0 Å². The molecule has 0 amide bonds. The van der Waals surface area contributed by atoms with Crippen molar-refractivity contribution in [2.75, 3.05) is 38.6 Å². The number of thioether (sulfide) groups is 3. The molecule has 0 fully saturated rings. The summed E-state index contributed by atoms with van der Waals surface area (Å²) < 4.78 is 84.0. The maximum Gasteiger partial charge on any atom is 0.315 e. The molecule has 0 spiro atoms. The Labute approximate surface area is 406 Å². The average molecular weight is 1010 g/mol. The number of aliphatic hydroxyl groups is 1. The summed E-state index contributed by atoms with van der Waals surface area (Å²) in [6.45, 7) is 21.3. The van der Waals surface area contributed by atoms with Crippen LogP contribution in [0.25, 0.3) is 0 Å². The van der Waals surface area contributed by atoms with Crippen LogP contribution in [0.3, 0.4) is 0 Å². The highest BCUT2D eigenvalue weighted by molar-refractivity contribution is 8.00. The minimum atomic E-state index is -0.891. The van der Waals surface area contributed by atoms with E-state index in [0.717, 1.165) is 0 Å². The fourth-order valence-corrected chi connectivity index (χ4v) is 9.95. The molecule has 6 aliphatic heterocycles. The molecule has 0 saturated heterocycles. The largest absolute Gasteiger partial charge is 0.468 e. The lowest BCUT2D eigenvalue weighted by Gasteiger charge is -2.18. The van der Waals surface area contributed by atoms with Crippen LogP contribution in [0.15, 0.2) is 26.8 Å². The van der Waals surface area contributed by atoms with Gasteiger partial charge in [-0.05, 0) is 0 Å². The van der Waals surface area contributed by atoms with Crippen LogP contribution in [0.4, 0.5) is 0 Å². The van der Waals surface area contributed by atoms with E-state index in [1.54, 1.807) is 39.8 Å². The summed E-state index contributed by atoms with van der Waals surface area (Å²) in [6, 6.07) is 3.52. The van der Waals surface area contributed by atoms with Crippen LogP contribution < -0.4 is 56.8 Å². The van der Waals surface area contributed by atoms with E-state index < -0.39 is 34.7 Å². The van der Waals surface area contributed by atoms with Crippen molar-refractivity contribution < 1.29 is 90.5 Å². The lowest BCUT2D eigenvalue weighted by molar-refractivity contribution is -0.138. The van der Waals surface area contributed by atoms with Gasteiger partial charge >= 0.3 is 17.9 Å². The zero-order chi connectivity index (χ0) is 49.9. The van der Waals surface area contributed by atoms with Gasteiger partial charge in [-0.3, -0.25) is 14.4 Å². The van der Waals surface area contributed by atoms with Gasteiger partial charge in [-0.25, -0.2) is 0 Å². The first-order valence-corrected chi connectivity index (χ1v) is 24.2. The Balaban J connectivity index is 0.000000151. The molecule has 0 aromatic heterocycles. The van der Waals surface area contributed by atoms with Gasteiger partial charge < -0.3 is 76.2 Å². The molecule has 3 aromatic rings. The molecule has 6 heterocycles. The van der Waals surface area contributed by atoms with Crippen LogP contribution in [0, 0.1) is 0 Å². The summed E-state index contributed by atoms with van der Waals surface area (Å²) in [7, 11) is 4.04. The quantitative estimate of drug-likeness (QED) is 0.115. The van der Waals surface area contributed by atoms with Gasteiger partial charge in [0.05, 0.1) is 50.8 Å². The predicted molar refractivity (Wildman–Crippen MR) is 245 cm³/mol. The number of methoxy groups -OCH3 is 3. The maximum atomic E-state index is 11.5. The summed E-state index contributed by atoms with van der Waals surface area (Å²) in [4.78, 5) is 36.4. The molecule has 0 bridgehead atoms. The fraction of sp³-hybridized carbons (Fsp3) is 0.543. The van der Waals surface area contributed by atoms with Crippen LogP contribution >= 0.6 is 35.3 Å². The van der Waals surface area contributed by atoms with Crippen molar-refractivity contribution in [1.29, 1.82) is 0 Å². The van der Waals surface area contributed by atoms with E-state index in [1.807, 2.05) is 55.4 Å². The molecule has 19 nitrogen and oxygen atoms in total. The smallest absolute Gasteiger partial charge is 0.315 e. The fourth-order valence-electron chi connectivity index (χ4n) is 7.19. The molecule has 0 radical (unpaired) electrons. The number of aliphatic hydroxyl groups excluding tert-OH is 1. The van der Waals surface area contributed by atoms with Gasteiger partial charge in [-0.1, -0.05) is 0 Å². The van der Waals surface area contributed by atoms with Crippen LogP contribution in [-0.4, -0.2) is 96.3 Å². The van der Waals surface area contributed by atoms with Crippen molar-refractivity contribution >= 4 is 53.2 Å². The number of carbonyl (C=O) groups is 3. The molecule has 68 heavy (non-hydrogen) atoms. The monoisotopic (exact) mass is 1010 g/mol. The zero-order valence-electron chi connectivity index (χ0n) is 40.5. The summed E-state index contributed by atoms with van der Waals surface area (Å²) in [5.41, 5.74) is 0.471. The van der Waals surface area contributed by atoms with Crippen LogP contribution in [0.1, 0.15) is 88.6 Å². The van der Waals surface area contributed by atoms with Gasteiger partial charge in [0, 0.05) is 95.2 Å². The Bertz CT molecular complexity index is 2270. The first kappa shape index (κ1) is 50.6. The molecule has 6 aliphatic rings. The third-order valence-electron chi connectivity index (χ3n) is 9.67. The van der Waals surface area contributed by atoms with E-state index in [4.69, 9.17) is 61.6 Å². The number of hydrogen-bond donors (Lipinski definition) is 1. The highest BCUT2D eigenvalue weighted by Crippen LogP contribution is 2.61. The topological polar surface area (TPSA) is 210 Å². The van der Waals surface area contributed by atoms with Gasteiger partial charge in [0.15, 0.2) is 69.0 Å². The van der Waals surface area contributed by atoms with Crippen LogP contribution in [0.2, 0.25) is 0 Å². The van der Waals surface area contributed by atoms with Gasteiger partial charge in [0.2, 0.25) is 34.7 Å². The van der Waals surface area contributed by atoms with Gasteiger partial charge in [-0.15, -0.1) is 35.3 Å². The Morgan fingerprint density at radius 3 is 0.868 bits per heavy atom. The number of esters is 3. The van der Waals surface area contributed by atoms with Crippen molar-refractivity contribution in [2.45, 2.75) is 139 Å². The molecule has 372 valence electrons. The molecule has 0 saturated carbocycles. The lowest BCUT2D eigenvalue weighted by Crippen LogP contribution is -2.31. The van der Waals surface area contributed by atoms with Gasteiger partial charge in [-0.2, -0.15) is 0 Å². The predicted octanol–water partition coefficient (Wildman–Crippen LogP) is 8.39. The van der Waals surface area contributed by atoms with Crippen molar-refractivity contribution in [3.05, 3.63) is 17.7 Å². The number of ether oxygens (including phenoxy) is 15. The highest BCUT2D eigenvalue weighted by atomic mass is 32.2. The lowest BCUT2D eigenvalue weighted by atomic mass is 10.1. The van der Waals surface area contributed by atoms with Crippen molar-refractivity contribution in [2.24, 2.45) is 0 Å². The second kappa shape index (κ2) is 18.2. The van der Waals surface area contributed by atoms with E-state index in [9.17, 15) is 19.5 Å². The first-order valence-electron chi connectivity index (χ1n) is 21.2. The molecule has 0 atom stereocenters. The van der Waals surface area contributed by atoms with E-state index in [1.165, 1.54) is 56.6 Å². The van der Waals surface area contributed by atoms with E-state index in [-0.39, 0.29) is 41.8 Å². The van der Waals surface area contributed by atoms with E-state index >= 15 is 0 Å². The number of fused-ring (bicyclic) bond motifs is 6. The maximum absolute atomic E-state index is 11.5. The summed E-state index contributed by atoms with van der Waals surface area (Å²) >= 11 is 3.78. The molecule has 0 aliphatic carbocycles. The molecule has 9 rings (SSSR count). The molecule has 3 aromatic carbocycles. The summed E-state index contributed by atoms with van der Waals surface area (Å²) in [6.07, 6.45) is 0. The second-order valence-electron chi connectivity index (χ2n) is 18.2. The highest BCUT2D eigenvalue weighted by Gasteiger charge is 2.47. The third-order valence-corrected chi connectivity index (χ3v) is 12.8. The second-order valence-corrected chi connectivity index (χ2v) is 21.2. The molecular weight excluding hydrogens is 953 g/mol. The van der Waals surface area contributed by atoms with Crippen molar-refractivity contribution in [3.8, 4) is 69.0 Å². The van der Waals surface area contributed by atoms with Gasteiger partial charge in [0.1, 0.15) is 14.7 Å². The van der Waals surface area contributed by atoms with E-state index in [2.05, 4.69) is 9.47 Å². The Morgan fingerprint density at radius 1 is 0.397 bits per heavy atom. The Hall–Kier alpha value is -5.32. The zero-order valence-corrected chi connectivity index (χ0v) is 43.0. The number of hydrogen-bond acceptors (Lipinski definition) is 22. The summed E-state index contributed by atoms with van der Waals surface area (Å²) in [5, 5.41) is 9.80.